The van der Waals surface area contributed by atoms with Crippen LogP contribution in [0, 0.1) is 0 Å². The Morgan fingerprint density at radius 2 is 2.00 bits per heavy atom. The number of hydrogen-bond donors (Lipinski definition) is 2. The Labute approximate surface area is 95.9 Å². The summed E-state index contributed by atoms with van der Waals surface area (Å²) in [4.78, 5) is 21.7. The van der Waals surface area contributed by atoms with Gasteiger partial charge in [0, 0.05) is 0 Å². The van der Waals surface area contributed by atoms with Crippen molar-refractivity contribution in [2.45, 2.75) is 32.0 Å². The fourth-order valence-electron chi connectivity index (χ4n) is 1.04. The van der Waals surface area contributed by atoms with Crippen molar-refractivity contribution in [2.24, 2.45) is 0 Å². The number of halogens is 3. The number of carboxylic acids is 1. The molecule has 0 heterocycles. The zero-order valence-corrected chi connectivity index (χ0v) is 9.21. The summed E-state index contributed by atoms with van der Waals surface area (Å²) in [6.07, 6.45) is -3.77. The molecule has 8 heteroatoms. The molecule has 0 rings (SSSR count). The van der Waals surface area contributed by atoms with Crippen molar-refractivity contribution in [1.29, 1.82) is 0 Å². The van der Waals surface area contributed by atoms with E-state index in [1.807, 2.05) is 0 Å². The summed E-state index contributed by atoms with van der Waals surface area (Å²) in [7, 11) is 0. The molecule has 0 aliphatic rings. The summed E-state index contributed by atoms with van der Waals surface area (Å²) in [5.74, 6) is -2.11. The van der Waals surface area contributed by atoms with Crippen molar-refractivity contribution >= 4 is 11.9 Å². The summed E-state index contributed by atoms with van der Waals surface area (Å²) >= 11 is 0. The van der Waals surface area contributed by atoms with Crippen LogP contribution in [0.1, 0.15) is 19.8 Å². The number of amides is 1. The van der Waals surface area contributed by atoms with E-state index in [1.165, 1.54) is 0 Å². The number of rotatable bonds is 7. The summed E-state index contributed by atoms with van der Waals surface area (Å²) in [6, 6.07) is -1.10. The van der Waals surface area contributed by atoms with E-state index in [0.29, 0.717) is 6.42 Å². The van der Waals surface area contributed by atoms with Crippen LogP contribution >= 0.6 is 0 Å². The van der Waals surface area contributed by atoms with Gasteiger partial charge >= 0.3 is 12.1 Å². The van der Waals surface area contributed by atoms with Crippen LogP contribution in [-0.2, 0) is 14.3 Å². The molecule has 2 N–H and O–H groups in total. The largest absolute Gasteiger partial charge is 0.480 e. The third-order valence-corrected chi connectivity index (χ3v) is 1.71. The second-order valence-corrected chi connectivity index (χ2v) is 3.35. The minimum atomic E-state index is -4.50. The van der Waals surface area contributed by atoms with Crippen LogP contribution in [0.3, 0.4) is 0 Å². The van der Waals surface area contributed by atoms with Gasteiger partial charge in [-0.25, -0.2) is 4.79 Å². The smallest absolute Gasteiger partial charge is 0.411 e. The molecule has 0 fully saturated rings. The van der Waals surface area contributed by atoms with E-state index in [2.05, 4.69) is 10.1 Å². The maximum absolute atomic E-state index is 11.7. The fraction of sp³-hybridized carbons (Fsp3) is 0.778. The first-order chi connectivity index (χ1) is 7.76. The summed E-state index contributed by atoms with van der Waals surface area (Å²) in [6.45, 7) is -0.624. The molecule has 0 aromatic heterocycles. The van der Waals surface area contributed by atoms with Gasteiger partial charge in [0.25, 0.3) is 0 Å². The van der Waals surface area contributed by atoms with Crippen LogP contribution in [0.4, 0.5) is 13.2 Å². The monoisotopic (exact) mass is 257 g/mol. The third kappa shape index (κ3) is 8.49. The van der Waals surface area contributed by atoms with Crippen LogP contribution in [0.15, 0.2) is 0 Å². The van der Waals surface area contributed by atoms with E-state index < -0.39 is 37.3 Å². The van der Waals surface area contributed by atoms with Crippen molar-refractivity contribution in [1.82, 2.24) is 5.32 Å². The lowest BCUT2D eigenvalue weighted by Crippen LogP contribution is -2.42. The molecule has 0 saturated heterocycles. The van der Waals surface area contributed by atoms with Gasteiger partial charge in [0.05, 0.1) is 0 Å². The molecule has 0 saturated carbocycles. The van der Waals surface area contributed by atoms with Gasteiger partial charge in [-0.2, -0.15) is 13.2 Å². The van der Waals surface area contributed by atoms with Gasteiger partial charge in [0.15, 0.2) is 0 Å². The zero-order valence-electron chi connectivity index (χ0n) is 9.21. The average molecular weight is 257 g/mol. The number of carbonyl (C=O) groups excluding carboxylic acids is 1. The number of carbonyl (C=O) groups is 2. The van der Waals surface area contributed by atoms with Gasteiger partial charge in [-0.05, 0) is 6.42 Å². The minimum Gasteiger partial charge on any atom is -0.480 e. The number of aliphatic carboxylic acids is 1. The zero-order chi connectivity index (χ0) is 13.5. The second kappa shape index (κ2) is 7.10. The summed E-state index contributed by atoms with van der Waals surface area (Å²) in [5.41, 5.74) is 0. The highest BCUT2D eigenvalue weighted by Crippen LogP contribution is 2.14. The molecule has 1 amide bonds. The van der Waals surface area contributed by atoms with Gasteiger partial charge in [-0.3, -0.25) is 4.79 Å². The van der Waals surface area contributed by atoms with Crippen molar-refractivity contribution < 1.29 is 32.6 Å². The first kappa shape index (κ1) is 15.7. The third-order valence-electron chi connectivity index (χ3n) is 1.71. The molecule has 1 atom stereocenters. The normalized spacial score (nSPS) is 13.2. The Kier molecular flexibility index (Phi) is 6.55. The van der Waals surface area contributed by atoms with Crippen LogP contribution < -0.4 is 5.32 Å². The van der Waals surface area contributed by atoms with Crippen LogP contribution in [0.5, 0.6) is 0 Å². The Morgan fingerprint density at radius 3 is 2.41 bits per heavy atom. The Hall–Kier alpha value is -1.31. The van der Waals surface area contributed by atoms with E-state index in [4.69, 9.17) is 5.11 Å². The maximum atomic E-state index is 11.7. The molecule has 0 aliphatic carbocycles. The molecular formula is C9H14F3NO4. The number of alkyl halides is 3. The molecule has 0 spiro atoms. The van der Waals surface area contributed by atoms with Crippen LogP contribution in [0.25, 0.3) is 0 Å². The number of ether oxygens (including phenoxy) is 1. The first-order valence-corrected chi connectivity index (χ1v) is 4.93. The van der Waals surface area contributed by atoms with Crippen molar-refractivity contribution in [3.63, 3.8) is 0 Å². The van der Waals surface area contributed by atoms with E-state index in [-0.39, 0.29) is 6.42 Å². The molecule has 0 unspecified atom stereocenters. The average Bonchev–Trinajstić information content (AvgIpc) is 2.14. The lowest BCUT2D eigenvalue weighted by molar-refractivity contribution is -0.176. The molecule has 0 radical (unpaired) electrons. The number of hydrogen-bond acceptors (Lipinski definition) is 3. The second-order valence-electron chi connectivity index (χ2n) is 3.35. The molecule has 100 valence electrons. The van der Waals surface area contributed by atoms with Gasteiger partial charge < -0.3 is 15.2 Å². The topological polar surface area (TPSA) is 75.6 Å². The molecule has 0 bridgehead atoms. The van der Waals surface area contributed by atoms with E-state index in [0.717, 1.165) is 0 Å². The molecule has 17 heavy (non-hydrogen) atoms. The lowest BCUT2D eigenvalue weighted by Gasteiger charge is -2.13. The van der Waals surface area contributed by atoms with Crippen molar-refractivity contribution in [3.8, 4) is 0 Å². The quantitative estimate of drug-likeness (QED) is 0.711. The molecule has 0 aromatic carbocycles. The highest BCUT2D eigenvalue weighted by molar-refractivity contribution is 5.84. The molecule has 0 aliphatic heterocycles. The number of carboxylic acid groups (broad SMARTS) is 1. The van der Waals surface area contributed by atoms with Crippen molar-refractivity contribution in [2.75, 3.05) is 13.2 Å². The standard InChI is InChI=1S/C9H14F3NO4/c1-2-3-6(8(15)16)13-7(14)4-17-5-9(10,11)12/h6H,2-5H2,1H3,(H,13,14)(H,15,16)/t6-/m0/s1. The van der Waals surface area contributed by atoms with E-state index in [1.54, 1.807) is 6.92 Å². The molecule has 5 nitrogen and oxygen atoms in total. The highest BCUT2D eigenvalue weighted by atomic mass is 19.4. The minimum absolute atomic E-state index is 0.209. The Morgan fingerprint density at radius 1 is 1.41 bits per heavy atom. The molecular weight excluding hydrogens is 243 g/mol. The van der Waals surface area contributed by atoms with E-state index >= 15 is 0 Å². The Balaban J connectivity index is 3.95. The van der Waals surface area contributed by atoms with Gasteiger partial charge in [-0.15, -0.1) is 0 Å². The SMILES string of the molecule is CCC[C@H](NC(=O)COCC(F)(F)F)C(=O)O. The predicted molar refractivity (Wildman–Crippen MR) is 51.3 cm³/mol. The number of nitrogens with one attached hydrogen (secondary N) is 1. The lowest BCUT2D eigenvalue weighted by atomic mass is 10.2. The summed E-state index contributed by atoms with van der Waals surface area (Å²) < 4.78 is 39.1. The fourth-order valence-corrected chi connectivity index (χ4v) is 1.04. The van der Waals surface area contributed by atoms with E-state index in [9.17, 15) is 22.8 Å². The van der Waals surface area contributed by atoms with Gasteiger partial charge in [0.2, 0.25) is 5.91 Å². The first-order valence-electron chi connectivity index (χ1n) is 4.93. The van der Waals surface area contributed by atoms with Gasteiger partial charge in [-0.1, -0.05) is 13.3 Å². The van der Waals surface area contributed by atoms with Crippen molar-refractivity contribution in [3.05, 3.63) is 0 Å². The van der Waals surface area contributed by atoms with Gasteiger partial charge in [0.1, 0.15) is 19.3 Å². The highest BCUT2D eigenvalue weighted by Gasteiger charge is 2.28. The molecule has 0 aromatic rings. The maximum Gasteiger partial charge on any atom is 0.411 e. The van der Waals surface area contributed by atoms with Crippen LogP contribution in [0.2, 0.25) is 0 Å². The van der Waals surface area contributed by atoms with Crippen LogP contribution in [-0.4, -0.2) is 42.4 Å². The predicted octanol–water partition coefficient (Wildman–Crippen LogP) is 0.935. The summed E-state index contributed by atoms with van der Waals surface area (Å²) in [5, 5.41) is 10.7. The Bertz CT molecular complexity index is 267.